The summed E-state index contributed by atoms with van der Waals surface area (Å²) < 4.78 is 0. The molecule has 0 aliphatic carbocycles. The largest absolute Gasteiger partial charge is 0.369 e. The van der Waals surface area contributed by atoms with Gasteiger partial charge in [-0.05, 0) is 36.8 Å². The Morgan fingerprint density at radius 3 is 2.41 bits per heavy atom. The first-order valence-electron chi connectivity index (χ1n) is 7.79. The predicted octanol–water partition coefficient (Wildman–Crippen LogP) is 3.27. The summed E-state index contributed by atoms with van der Waals surface area (Å²) in [5.41, 5.74) is 3.32. The van der Waals surface area contributed by atoms with E-state index in [1.54, 1.807) is 0 Å². The van der Waals surface area contributed by atoms with E-state index in [0.717, 1.165) is 31.7 Å². The number of nitrogens with zero attached hydrogens (tertiary/aromatic N) is 3. The summed E-state index contributed by atoms with van der Waals surface area (Å²) in [5.74, 6) is 0. The van der Waals surface area contributed by atoms with Gasteiger partial charge in [-0.25, -0.2) is 0 Å². The van der Waals surface area contributed by atoms with Crippen LogP contribution in [0.25, 0.3) is 0 Å². The summed E-state index contributed by atoms with van der Waals surface area (Å²) in [4.78, 5) is 4.97. The Bertz CT molecular complexity index is 643. The molecule has 1 unspecified atom stereocenters. The van der Waals surface area contributed by atoms with E-state index in [9.17, 15) is 0 Å². The zero-order valence-corrected chi connectivity index (χ0v) is 12.9. The van der Waals surface area contributed by atoms with Crippen LogP contribution in [0.3, 0.4) is 0 Å². The van der Waals surface area contributed by atoms with Crippen molar-refractivity contribution in [2.75, 3.05) is 24.5 Å². The Kier molecular flexibility index (Phi) is 4.41. The van der Waals surface area contributed by atoms with Crippen LogP contribution < -0.4 is 4.90 Å². The van der Waals surface area contributed by atoms with Crippen LogP contribution in [0.4, 0.5) is 5.69 Å². The van der Waals surface area contributed by atoms with E-state index in [-0.39, 0.29) is 0 Å². The van der Waals surface area contributed by atoms with E-state index in [4.69, 9.17) is 5.26 Å². The fraction of sp³-hybridized carbons (Fsp3) is 0.316. The zero-order valence-electron chi connectivity index (χ0n) is 12.9. The van der Waals surface area contributed by atoms with E-state index >= 15 is 0 Å². The van der Waals surface area contributed by atoms with Gasteiger partial charge in [0.15, 0.2) is 0 Å². The van der Waals surface area contributed by atoms with Crippen molar-refractivity contribution in [2.24, 2.45) is 0 Å². The van der Waals surface area contributed by atoms with Crippen molar-refractivity contribution in [2.45, 2.75) is 19.5 Å². The summed E-state index contributed by atoms with van der Waals surface area (Å²) in [6.07, 6.45) is 0. The normalized spacial score (nSPS) is 18.9. The van der Waals surface area contributed by atoms with Gasteiger partial charge >= 0.3 is 0 Å². The van der Waals surface area contributed by atoms with Crippen molar-refractivity contribution in [3.8, 4) is 6.07 Å². The summed E-state index contributed by atoms with van der Waals surface area (Å²) >= 11 is 0. The lowest BCUT2D eigenvalue weighted by atomic mass is 10.1. The molecule has 0 N–H and O–H groups in total. The first-order valence-corrected chi connectivity index (χ1v) is 7.79. The molecule has 3 rings (SSSR count). The standard InChI is InChI=1S/C19H21N3/c1-16-14-22(19-5-3-2-4-6-19)12-11-21(16)15-18-9-7-17(13-20)8-10-18/h2-10,16H,11-12,14-15H2,1H3. The van der Waals surface area contributed by atoms with Gasteiger partial charge in [-0.1, -0.05) is 30.3 Å². The molecule has 112 valence electrons. The molecular formula is C19H21N3. The third-order valence-electron chi connectivity index (χ3n) is 4.36. The van der Waals surface area contributed by atoms with Crippen molar-refractivity contribution >= 4 is 5.69 Å². The summed E-state index contributed by atoms with van der Waals surface area (Å²) in [6.45, 7) is 6.43. The fourth-order valence-corrected chi connectivity index (χ4v) is 3.02. The molecule has 1 aliphatic heterocycles. The Hall–Kier alpha value is -2.31. The Balaban J connectivity index is 1.62. The number of para-hydroxylation sites is 1. The van der Waals surface area contributed by atoms with Gasteiger partial charge in [-0.2, -0.15) is 5.26 Å². The average Bonchev–Trinajstić information content (AvgIpc) is 2.58. The van der Waals surface area contributed by atoms with E-state index in [1.807, 2.05) is 12.1 Å². The quantitative estimate of drug-likeness (QED) is 0.869. The van der Waals surface area contributed by atoms with Crippen LogP contribution >= 0.6 is 0 Å². The Morgan fingerprint density at radius 2 is 1.77 bits per heavy atom. The molecule has 1 aliphatic rings. The SMILES string of the molecule is CC1CN(c2ccccc2)CCN1Cc1ccc(C#N)cc1. The van der Waals surface area contributed by atoms with Gasteiger partial charge in [-0.15, -0.1) is 0 Å². The summed E-state index contributed by atoms with van der Waals surface area (Å²) in [7, 11) is 0. The van der Waals surface area contributed by atoms with Gasteiger partial charge < -0.3 is 4.90 Å². The molecule has 1 heterocycles. The number of hydrogen-bond acceptors (Lipinski definition) is 3. The predicted molar refractivity (Wildman–Crippen MR) is 89.7 cm³/mol. The van der Waals surface area contributed by atoms with Crippen LogP contribution in [0.5, 0.6) is 0 Å². The molecule has 1 atom stereocenters. The van der Waals surface area contributed by atoms with Crippen LogP contribution in [-0.4, -0.2) is 30.6 Å². The van der Waals surface area contributed by atoms with E-state index < -0.39 is 0 Å². The smallest absolute Gasteiger partial charge is 0.0991 e. The van der Waals surface area contributed by atoms with Gasteiger partial charge in [0.05, 0.1) is 11.6 Å². The fourth-order valence-electron chi connectivity index (χ4n) is 3.02. The van der Waals surface area contributed by atoms with Crippen molar-refractivity contribution in [3.05, 3.63) is 65.7 Å². The maximum absolute atomic E-state index is 8.86. The van der Waals surface area contributed by atoms with Crippen molar-refractivity contribution < 1.29 is 0 Å². The Labute approximate surface area is 132 Å². The van der Waals surface area contributed by atoms with Crippen molar-refractivity contribution in [3.63, 3.8) is 0 Å². The highest BCUT2D eigenvalue weighted by atomic mass is 15.3. The van der Waals surface area contributed by atoms with Crippen LogP contribution in [0, 0.1) is 11.3 Å². The third-order valence-corrected chi connectivity index (χ3v) is 4.36. The van der Waals surface area contributed by atoms with Gasteiger partial charge in [0, 0.05) is 37.9 Å². The van der Waals surface area contributed by atoms with Crippen molar-refractivity contribution in [1.82, 2.24) is 4.90 Å². The molecule has 3 nitrogen and oxygen atoms in total. The van der Waals surface area contributed by atoms with Crippen LogP contribution in [0.15, 0.2) is 54.6 Å². The van der Waals surface area contributed by atoms with Crippen LogP contribution in [-0.2, 0) is 6.54 Å². The Morgan fingerprint density at radius 1 is 1.05 bits per heavy atom. The van der Waals surface area contributed by atoms with E-state index in [1.165, 1.54) is 11.3 Å². The van der Waals surface area contributed by atoms with Gasteiger partial charge in [0.1, 0.15) is 0 Å². The van der Waals surface area contributed by atoms with Crippen LogP contribution in [0.2, 0.25) is 0 Å². The monoisotopic (exact) mass is 291 g/mol. The topological polar surface area (TPSA) is 30.3 Å². The van der Waals surface area contributed by atoms with Gasteiger partial charge in [0.2, 0.25) is 0 Å². The van der Waals surface area contributed by atoms with Gasteiger partial charge in [0.25, 0.3) is 0 Å². The number of hydrogen-bond donors (Lipinski definition) is 0. The second-order valence-corrected chi connectivity index (χ2v) is 5.91. The molecule has 1 fully saturated rings. The molecule has 2 aromatic carbocycles. The number of benzene rings is 2. The third kappa shape index (κ3) is 3.29. The zero-order chi connectivity index (χ0) is 15.4. The van der Waals surface area contributed by atoms with Crippen molar-refractivity contribution in [1.29, 1.82) is 5.26 Å². The van der Waals surface area contributed by atoms with E-state index in [0.29, 0.717) is 6.04 Å². The molecule has 0 aromatic heterocycles. The number of rotatable bonds is 3. The van der Waals surface area contributed by atoms with Crippen LogP contribution in [0.1, 0.15) is 18.1 Å². The lowest BCUT2D eigenvalue weighted by Crippen LogP contribution is -2.51. The molecule has 0 spiro atoms. The average molecular weight is 291 g/mol. The maximum Gasteiger partial charge on any atom is 0.0991 e. The van der Waals surface area contributed by atoms with Gasteiger partial charge in [-0.3, -0.25) is 4.90 Å². The molecule has 0 saturated carbocycles. The minimum Gasteiger partial charge on any atom is -0.369 e. The summed E-state index contributed by atoms with van der Waals surface area (Å²) in [6, 6.07) is 21.3. The molecule has 22 heavy (non-hydrogen) atoms. The highest BCUT2D eigenvalue weighted by Crippen LogP contribution is 2.20. The molecular weight excluding hydrogens is 270 g/mol. The maximum atomic E-state index is 8.86. The van der Waals surface area contributed by atoms with E-state index in [2.05, 4.69) is 65.3 Å². The molecule has 1 saturated heterocycles. The minimum absolute atomic E-state index is 0.518. The molecule has 2 aromatic rings. The second kappa shape index (κ2) is 6.64. The highest BCUT2D eigenvalue weighted by molar-refractivity contribution is 5.46. The minimum atomic E-state index is 0.518. The first-order chi connectivity index (χ1) is 10.8. The highest BCUT2D eigenvalue weighted by Gasteiger charge is 2.23. The number of anilines is 1. The molecule has 3 heteroatoms. The summed E-state index contributed by atoms with van der Waals surface area (Å²) in [5, 5.41) is 8.86. The molecule has 0 amide bonds. The molecule has 0 bridgehead atoms. The molecule has 0 radical (unpaired) electrons. The second-order valence-electron chi connectivity index (χ2n) is 5.91. The number of piperazine rings is 1. The first kappa shape index (κ1) is 14.6. The lowest BCUT2D eigenvalue weighted by Gasteiger charge is -2.41. The lowest BCUT2D eigenvalue weighted by molar-refractivity contribution is 0.181. The number of nitriles is 1.